The summed E-state index contributed by atoms with van der Waals surface area (Å²) in [5, 5.41) is 9.55. The van der Waals surface area contributed by atoms with Crippen molar-refractivity contribution in [3.05, 3.63) is 71.8 Å². The lowest BCUT2D eigenvalue weighted by molar-refractivity contribution is -0.123. The zero-order valence-electron chi connectivity index (χ0n) is 17.8. The van der Waals surface area contributed by atoms with Gasteiger partial charge < -0.3 is 9.84 Å². The van der Waals surface area contributed by atoms with Crippen LogP contribution in [0.1, 0.15) is 63.9 Å². The van der Waals surface area contributed by atoms with E-state index in [1.807, 2.05) is 48.5 Å². The lowest BCUT2D eigenvalue weighted by atomic mass is 9.88. The van der Waals surface area contributed by atoms with Crippen LogP contribution in [0.15, 0.2) is 60.7 Å². The topological polar surface area (TPSA) is 46.5 Å². The zero-order chi connectivity index (χ0) is 21.2. The molecule has 2 aromatic rings. The Labute approximate surface area is 175 Å². The summed E-state index contributed by atoms with van der Waals surface area (Å²) >= 11 is 0. The first-order valence-electron chi connectivity index (χ1n) is 10.3. The minimum atomic E-state index is -0.446. The fraction of sp³-hybridized carbons (Fsp3) is 0.423. The van der Waals surface area contributed by atoms with Gasteiger partial charge in [-0.25, -0.2) is 0 Å². The van der Waals surface area contributed by atoms with Crippen molar-refractivity contribution >= 4 is 5.78 Å². The number of Topliss-reactive ketones (excluding diaryl/α,β-unsaturated/α-hetero) is 1. The minimum Gasteiger partial charge on any atom is -0.387 e. The van der Waals surface area contributed by atoms with E-state index >= 15 is 0 Å². The van der Waals surface area contributed by atoms with Crippen LogP contribution >= 0.6 is 0 Å². The number of ether oxygens (including phenoxy) is 1. The van der Waals surface area contributed by atoms with E-state index in [4.69, 9.17) is 4.74 Å². The molecule has 0 saturated carbocycles. The lowest BCUT2D eigenvalue weighted by Gasteiger charge is -2.20. The van der Waals surface area contributed by atoms with E-state index in [0.717, 1.165) is 12.0 Å². The summed E-state index contributed by atoms with van der Waals surface area (Å²) in [6.07, 6.45) is 1.04. The number of ketones is 1. The van der Waals surface area contributed by atoms with Gasteiger partial charge in [-0.2, -0.15) is 0 Å². The number of carbonyl (C=O) groups is 1. The summed E-state index contributed by atoms with van der Waals surface area (Å²) in [6.45, 7) is 7.69. The Balaban J connectivity index is 0.000000221. The molecule has 0 spiro atoms. The van der Waals surface area contributed by atoms with Gasteiger partial charge in [-0.05, 0) is 37.3 Å². The third-order valence-corrected chi connectivity index (χ3v) is 5.19. The fourth-order valence-corrected chi connectivity index (χ4v) is 3.60. The predicted octanol–water partition coefficient (Wildman–Crippen LogP) is 5.51. The molecule has 29 heavy (non-hydrogen) atoms. The summed E-state index contributed by atoms with van der Waals surface area (Å²) in [7, 11) is 0. The van der Waals surface area contributed by atoms with E-state index in [2.05, 4.69) is 37.8 Å². The van der Waals surface area contributed by atoms with Gasteiger partial charge in [0.25, 0.3) is 0 Å². The number of aliphatic hydroxyl groups is 1. The molecular formula is C26H32O3. The first kappa shape index (κ1) is 22.9. The van der Waals surface area contributed by atoms with E-state index in [0.29, 0.717) is 12.3 Å². The molecule has 1 saturated heterocycles. The Bertz CT molecular complexity index is 802. The molecule has 3 rings (SSSR count). The highest BCUT2D eigenvalue weighted by Crippen LogP contribution is 2.40. The van der Waals surface area contributed by atoms with Gasteiger partial charge in [0, 0.05) is 12.3 Å². The van der Waals surface area contributed by atoms with Crippen LogP contribution in [0, 0.1) is 23.7 Å². The normalized spacial score (nSPS) is 21.5. The second-order valence-electron chi connectivity index (χ2n) is 7.75. The molecule has 0 bridgehead atoms. The molecule has 4 atom stereocenters. The molecular weight excluding hydrogens is 360 g/mol. The third kappa shape index (κ3) is 6.85. The molecule has 1 fully saturated rings. The number of hydrogen-bond acceptors (Lipinski definition) is 3. The van der Waals surface area contributed by atoms with Gasteiger partial charge in [0.2, 0.25) is 0 Å². The van der Waals surface area contributed by atoms with Crippen molar-refractivity contribution in [1.82, 2.24) is 0 Å². The van der Waals surface area contributed by atoms with Gasteiger partial charge in [-0.15, -0.1) is 11.8 Å². The van der Waals surface area contributed by atoms with Gasteiger partial charge >= 0.3 is 0 Å². The van der Waals surface area contributed by atoms with Crippen molar-refractivity contribution < 1.29 is 14.6 Å². The van der Waals surface area contributed by atoms with Crippen molar-refractivity contribution in [2.45, 2.75) is 58.8 Å². The van der Waals surface area contributed by atoms with E-state index in [1.54, 1.807) is 13.8 Å². The second-order valence-corrected chi connectivity index (χ2v) is 7.75. The molecule has 3 heteroatoms. The number of rotatable bonds is 5. The van der Waals surface area contributed by atoms with Crippen molar-refractivity contribution in [2.24, 2.45) is 11.8 Å². The number of hydrogen-bond donors (Lipinski definition) is 1. The van der Waals surface area contributed by atoms with E-state index < -0.39 is 6.10 Å². The highest BCUT2D eigenvalue weighted by atomic mass is 16.5. The summed E-state index contributed by atoms with van der Waals surface area (Å²) in [4.78, 5) is 11.7. The van der Waals surface area contributed by atoms with Crippen LogP contribution in [0.25, 0.3) is 0 Å². The number of carbonyl (C=O) groups excluding carboxylic acids is 1. The quantitative estimate of drug-likeness (QED) is 0.682. The minimum absolute atomic E-state index is 0.0557. The summed E-state index contributed by atoms with van der Waals surface area (Å²) in [5.74, 6) is 6.30. The van der Waals surface area contributed by atoms with Gasteiger partial charge in [0.15, 0.2) is 0 Å². The van der Waals surface area contributed by atoms with E-state index in [9.17, 15) is 9.90 Å². The molecule has 1 aliphatic heterocycles. The van der Waals surface area contributed by atoms with E-state index in [1.165, 1.54) is 5.56 Å². The lowest BCUT2D eigenvalue weighted by Crippen LogP contribution is -2.27. The van der Waals surface area contributed by atoms with Crippen molar-refractivity contribution in [2.75, 3.05) is 0 Å². The van der Waals surface area contributed by atoms with Crippen molar-refractivity contribution in [3.63, 3.8) is 0 Å². The highest BCUT2D eigenvalue weighted by molar-refractivity contribution is 5.79. The Kier molecular flexibility index (Phi) is 9.12. The molecule has 154 valence electrons. The van der Waals surface area contributed by atoms with Gasteiger partial charge in [0.1, 0.15) is 5.78 Å². The SMILES string of the molecule is CC#CCC(O)c1ccccc1.CC(=O)[C@H]1C[C@@H](c2ccccc2)O[C@H]1C(C)C. The van der Waals surface area contributed by atoms with Crippen LogP contribution in [0.2, 0.25) is 0 Å². The Morgan fingerprint density at radius 2 is 1.69 bits per heavy atom. The molecule has 3 nitrogen and oxygen atoms in total. The van der Waals surface area contributed by atoms with Crippen LogP contribution in [0.4, 0.5) is 0 Å². The zero-order valence-corrected chi connectivity index (χ0v) is 17.8. The predicted molar refractivity (Wildman–Crippen MR) is 117 cm³/mol. The van der Waals surface area contributed by atoms with Crippen LogP contribution < -0.4 is 0 Å². The summed E-state index contributed by atoms with van der Waals surface area (Å²) in [5.41, 5.74) is 2.11. The van der Waals surface area contributed by atoms with Crippen LogP contribution in [-0.2, 0) is 9.53 Å². The largest absolute Gasteiger partial charge is 0.387 e. The molecule has 0 radical (unpaired) electrons. The summed E-state index contributed by atoms with van der Waals surface area (Å²) in [6, 6.07) is 19.8. The summed E-state index contributed by atoms with van der Waals surface area (Å²) < 4.78 is 6.06. The van der Waals surface area contributed by atoms with Crippen LogP contribution in [-0.4, -0.2) is 17.0 Å². The number of aliphatic hydroxyl groups excluding tert-OH is 1. The Morgan fingerprint density at radius 3 is 2.17 bits per heavy atom. The molecule has 1 N–H and O–H groups in total. The molecule has 2 aromatic carbocycles. The smallest absolute Gasteiger partial charge is 0.135 e. The van der Waals surface area contributed by atoms with Crippen LogP contribution in [0.5, 0.6) is 0 Å². The maximum atomic E-state index is 11.7. The van der Waals surface area contributed by atoms with Crippen LogP contribution in [0.3, 0.4) is 0 Å². The average Bonchev–Trinajstić information content (AvgIpc) is 3.20. The number of benzene rings is 2. The van der Waals surface area contributed by atoms with E-state index in [-0.39, 0.29) is 23.9 Å². The van der Waals surface area contributed by atoms with Gasteiger partial charge in [0.05, 0.1) is 18.3 Å². The molecule has 0 aromatic heterocycles. The van der Waals surface area contributed by atoms with Crippen molar-refractivity contribution in [3.8, 4) is 11.8 Å². The Morgan fingerprint density at radius 1 is 1.10 bits per heavy atom. The Hall–Kier alpha value is -2.41. The maximum Gasteiger partial charge on any atom is 0.135 e. The standard InChI is InChI=1S/C15H20O2.C11H12O/c1-10(2)15-13(11(3)16)9-14(17-15)12-7-5-4-6-8-12;1-2-3-9-11(12)10-7-5-4-6-8-10/h4-8,10,13-15H,9H2,1-3H3;4-8,11-12H,9H2,1H3/t13-,14+,15+;/m1./s1. The van der Waals surface area contributed by atoms with Crippen molar-refractivity contribution in [1.29, 1.82) is 0 Å². The van der Waals surface area contributed by atoms with Gasteiger partial charge in [-0.1, -0.05) is 74.5 Å². The van der Waals surface area contributed by atoms with Gasteiger partial charge in [-0.3, -0.25) is 4.79 Å². The molecule has 1 unspecified atom stereocenters. The average molecular weight is 393 g/mol. The highest BCUT2D eigenvalue weighted by Gasteiger charge is 2.39. The molecule has 1 heterocycles. The fourth-order valence-electron chi connectivity index (χ4n) is 3.60. The maximum absolute atomic E-state index is 11.7. The molecule has 0 aliphatic carbocycles. The third-order valence-electron chi connectivity index (χ3n) is 5.19. The molecule has 1 aliphatic rings. The monoisotopic (exact) mass is 392 g/mol. The first-order valence-corrected chi connectivity index (χ1v) is 10.3. The first-order chi connectivity index (χ1) is 13.9. The second kappa shape index (κ2) is 11.6. The molecule has 0 amide bonds.